The molecule has 0 radical (unpaired) electrons. The molecule has 0 saturated heterocycles. The minimum atomic E-state index is -0.368. The predicted molar refractivity (Wildman–Crippen MR) is 54.0 cm³/mol. The Morgan fingerprint density at radius 3 is 2.79 bits per heavy atom. The van der Waals surface area contributed by atoms with Gasteiger partial charge in [-0.25, -0.2) is 4.39 Å². The highest BCUT2D eigenvalue weighted by Crippen LogP contribution is 2.30. The maximum atomic E-state index is 13.4. The maximum Gasteiger partial charge on any atom is 0.222 e. The molecule has 0 bridgehead atoms. The van der Waals surface area contributed by atoms with Gasteiger partial charge in [-0.2, -0.15) is 0 Å². The van der Waals surface area contributed by atoms with E-state index < -0.39 is 0 Å². The summed E-state index contributed by atoms with van der Waals surface area (Å²) in [4.78, 5) is 0. The molecule has 0 saturated carbocycles. The molecular weight excluding hydrogens is 251 g/mol. The number of hydrogen-bond donors (Lipinski definition) is 1. The molecule has 0 aliphatic heterocycles. The molecule has 0 aliphatic carbocycles. The van der Waals surface area contributed by atoms with Gasteiger partial charge >= 0.3 is 0 Å². The number of benzene rings is 1. The van der Waals surface area contributed by atoms with Gasteiger partial charge in [0.15, 0.2) is 0 Å². The quantitative estimate of drug-likeness (QED) is 0.854. The molecule has 1 heterocycles. The fraction of sp³-hybridized carbons (Fsp3) is 0. The molecule has 0 atom stereocenters. The summed E-state index contributed by atoms with van der Waals surface area (Å²) in [5.74, 6) is -0.206. The van der Waals surface area contributed by atoms with Crippen molar-refractivity contribution in [1.29, 1.82) is 0 Å². The summed E-state index contributed by atoms with van der Waals surface area (Å²) in [6.45, 7) is 0. The molecule has 0 spiro atoms. The van der Waals surface area contributed by atoms with Crippen LogP contribution in [0.25, 0.3) is 11.3 Å². The summed E-state index contributed by atoms with van der Waals surface area (Å²) in [5.41, 5.74) is 6.09. The van der Waals surface area contributed by atoms with Crippen LogP contribution in [0.15, 0.2) is 33.3 Å². The molecule has 0 aliphatic rings. The van der Waals surface area contributed by atoms with Crippen molar-refractivity contribution < 1.29 is 8.91 Å². The molecule has 2 aromatic rings. The van der Waals surface area contributed by atoms with Crippen LogP contribution in [0.4, 0.5) is 10.3 Å². The Labute approximate surface area is 87.8 Å². The van der Waals surface area contributed by atoms with Crippen LogP contribution in [-0.2, 0) is 0 Å². The Hall–Kier alpha value is -1.36. The van der Waals surface area contributed by atoms with Gasteiger partial charge in [-0.15, -0.1) is 0 Å². The first kappa shape index (κ1) is 9.21. The fourth-order valence-corrected chi connectivity index (χ4v) is 1.69. The van der Waals surface area contributed by atoms with E-state index >= 15 is 0 Å². The number of halogens is 2. The summed E-state index contributed by atoms with van der Waals surface area (Å²) in [5, 5.41) is 3.64. The van der Waals surface area contributed by atoms with E-state index in [1.165, 1.54) is 12.1 Å². The summed E-state index contributed by atoms with van der Waals surface area (Å²) >= 11 is 3.23. The lowest BCUT2D eigenvalue weighted by molar-refractivity contribution is 0.438. The monoisotopic (exact) mass is 256 g/mol. The highest BCUT2D eigenvalue weighted by molar-refractivity contribution is 9.10. The molecule has 3 nitrogen and oxygen atoms in total. The summed E-state index contributed by atoms with van der Waals surface area (Å²) in [6, 6.07) is 6.16. The van der Waals surface area contributed by atoms with Gasteiger partial charge in [-0.05, 0) is 28.1 Å². The third-order valence-corrected chi connectivity index (χ3v) is 2.41. The van der Waals surface area contributed by atoms with Crippen molar-refractivity contribution in [3.8, 4) is 11.3 Å². The average Bonchev–Trinajstić information content (AvgIpc) is 2.51. The number of hydrogen-bond acceptors (Lipinski definition) is 3. The number of rotatable bonds is 1. The molecular formula is C9H6BrFN2O. The number of nitrogen functional groups attached to an aromatic ring is 1. The lowest BCUT2D eigenvalue weighted by Gasteiger charge is -2.00. The van der Waals surface area contributed by atoms with Gasteiger partial charge in [0, 0.05) is 10.5 Å². The lowest BCUT2D eigenvalue weighted by Crippen LogP contribution is -1.85. The first-order valence-corrected chi connectivity index (χ1v) is 4.64. The Balaban J connectivity index is 2.61. The number of nitrogens with zero attached hydrogens (tertiary/aromatic N) is 1. The molecule has 2 rings (SSSR count). The molecule has 0 unspecified atom stereocenters. The van der Waals surface area contributed by atoms with Crippen molar-refractivity contribution >= 4 is 21.8 Å². The molecule has 1 aromatic heterocycles. The van der Waals surface area contributed by atoms with E-state index in [0.717, 1.165) is 0 Å². The van der Waals surface area contributed by atoms with E-state index in [4.69, 9.17) is 5.73 Å². The van der Waals surface area contributed by atoms with E-state index in [1.807, 2.05) is 0 Å². The van der Waals surface area contributed by atoms with Crippen molar-refractivity contribution in [2.24, 2.45) is 0 Å². The SMILES string of the molecule is Nc1cc(-c2c(F)cccc2Br)no1. The minimum absolute atomic E-state index is 0.162. The Morgan fingerprint density at radius 2 is 2.21 bits per heavy atom. The second-order valence-electron chi connectivity index (χ2n) is 2.71. The number of anilines is 1. The molecule has 72 valence electrons. The molecule has 5 heteroatoms. The second-order valence-corrected chi connectivity index (χ2v) is 3.57. The van der Waals surface area contributed by atoms with Crippen LogP contribution in [-0.4, -0.2) is 5.16 Å². The third kappa shape index (κ3) is 1.50. The molecule has 0 amide bonds. The minimum Gasteiger partial charge on any atom is -0.368 e. The van der Waals surface area contributed by atoms with Crippen LogP contribution in [0.1, 0.15) is 0 Å². The smallest absolute Gasteiger partial charge is 0.222 e. The van der Waals surface area contributed by atoms with Crippen molar-refractivity contribution in [3.05, 3.63) is 34.6 Å². The van der Waals surface area contributed by atoms with Crippen LogP contribution < -0.4 is 5.73 Å². The van der Waals surface area contributed by atoms with E-state index in [9.17, 15) is 4.39 Å². The number of aromatic nitrogens is 1. The van der Waals surface area contributed by atoms with E-state index in [2.05, 4.69) is 25.6 Å². The molecule has 0 fully saturated rings. The van der Waals surface area contributed by atoms with Crippen LogP contribution in [0.3, 0.4) is 0 Å². The zero-order valence-corrected chi connectivity index (χ0v) is 8.58. The van der Waals surface area contributed by atoms with E-state index in [-0.39, 0.29) is 11.7 Å². The highest BCUT2D eigenvalue weighted by atomic mass is 79.9. The number of nitrogens with two attached hydrogens (primary N) is 1. The van der Waals surface area contributed by atoms with Gasteiger partial charge in [0.1, 0.15) is 11.5 Å². The summed E-state index contributed by atoms with van der Waals surface area (Å²) in [6.07, 6.45) is 0. The Kier molecular flexibility index (Phi) is 2.25. The van der Waals surface area contributed by atoms with Gasteiger partial charge in [0.2, 0.25) is 5.88 Å². The topological polar surface area (TPSA) is 52.0 Å². The zero-order valence-electron chi connectivity index (χ0n) is 7.00. The first-order valence-electron chi connectivity index (χ1n) is 3.85. The third-order valence-electron chi connectivity index (χ3n) is 1.75. The predicted octanol–water partition coefficient (Wildman–Crippen LogP) is 2.83. The Bertz CT molecular complexity index is 449. The standard InChI is InChI=1S/C9H6BrFN2O/c10-5-2-1-3-6(11)9(5)7-4-8(12)14-13-7/h1-4H,12H2. The van der Waals surface area contributed by atoms with Crippen molar-refractivity contribution in [2.75, 3.05) is 5.73 Å². The van der Waals surface area contributed by atoms with Gasteiger partial charge in [0.05, 0.1) is 5.56 Å². The van der Waals surface area contributed by atoms with Crippen LogP contribution in [0.5, 0.6) is 0 Å². The second kappa shape index (κ2) is 3.42. The fourth-order valence-electron chi connectivity index (χ4n) is 1.15. The lowest BCUT2D eigenvalue weighted by atomic mass is 10.1. The van der Waals surface area contributed by atoms with E-state index in [1.54, 1.807) is 12.1 Å². The normalized spacial score (nSPS) is 10.4. The average molecular weight is 257 g/mol. The van der Waals surface area contributed by atoms with E-state index in [0.29, 0.717) is 15.7 Å². The van der Waals surface area contributed by atoms with Gasteiger partial charge in [0.25, 0.3) is 0 Å². The van der Waals surface area contributed by atoms with Crippen LogP contribution in [0, 0.1) is 5.82 Å². The largest absolute Gasteiger partial charge is 0.368 e. The van der Waals surface area contributed by atoms with Crippen LogP contribution in [0.2, 0.25) is 0 Å². The zero-order chi connectivity index (χ0) is 10.1. The highest BCUT2D eigenvalue weighted by Gasteiger charge is 2.12. The van der Waals surface area contributed by atoms with Gasteiger partial charge in [-0.1, -0.05) is 11.2 Å². The summed E-state index contributed by atoms with van der Waals surface area (Å²) < 4.78 is 18.7. The van der Waals surface area contributed by atoms with Crippen molar-refractivity contribution in [2.45, 2.75) is 0 Å². The maximum absolute atomic E-state index is 13.4. The van der Waals surface area contributed by atoms with Crippen molar-refractivity contribution in [3.63, 3.8) is 0 Å². The van der Waals surface area contributed by atoms with Crippen molar-refractivity contribution in [1.82, 2.24) is 5.16 Å². The molecule has 14 heavy (non-hydrogen) atoms. The van der Waals surface area contributed by atoms with Gasteiger partial charge in [-0.3, -0.25) is 0 Å². The molecule has 1 aromatic carbocycles. The van der Waals surface area contributed by atoms with Gasteiger partial charge < -0.3 is 10.3 Å². The first-order chi connectivity index (χ1) is 6.68. The summed E-state index contributed by atoms with van der Waals surface area (Å²) in [7, 11) is 0. The van der Waals surface area contributed by atoms with Crippen LogP contribution >= 0.6 is 15.9 Å². The molecule has 2 N–H and O–H groups in total. The Morgan fingerprint density at radius 1 is 1.43 bits per heavy atom.